The van der Waals surface area contributed by atoms with E-state index in [1.165, 1.54) is 0 Å². The van der Waals surface area contributed by atoms with Crippen LogP contribution in [0.1, 0.15) is 82.1 Å². The standard InChI is InChI=1S/C24H50O4Si2/c1-11-29(12-2,23(5,6)7)26-17-19-18-15-22(25)27-20(18)16-21(19)28-30(13-3,14-4)24(8,9)10/h18-22,25H,11-17H2,1-10H3/t18-,19-,20+,21-,22?/m0/s1. The first-order chi connectivity index (χ1) is 13.8. The Morgan fingerprint density at radius 1 is 0.833 bits per heavy atom. The van der Waals surface area contributed by atoms with E-state index in [2.05, 4.69) is 69.2 Å². The fraction of sp³-hybridized carbons (Fsp3) is 1.00. The summed E-state index contributed by atoms with van der Waals surface area (Å²) in [6, 6.07) is 4.56. The maximum absolute atomic E-state index is 10.2. The Hall–Kier alpha value is 0.274. The number of fused-ring (bicyclic) bond motifs is 1. The smallest absolute Gasteiger partial charge is 0.197 e. The summed E-state index contributed by atoms with van der Waals surface area (Å²) in [5.74, 6) is 0.678. The van der Waals surface area contributed by atoms with Gasteiger partial charge in [0.05, 0.1) is 12.2 Å². The molecule has 0 aromatic rings. The molecule has 1 heterocycles. The van der Waals surface area contributed by atoms with Gasteiger partial charge in [0.15, 0.2) is 22.9 Å². The zero-order chi connectivity index (χ0) is 23.0. The van der Waals surface area contributed by atoms with Crippen molar-refractivity contribution in [2.45, 2.75) is 135 Å². The van der Waals surface area contributed by atoms with Crippen molar-refractivity contribution in [2.75, 3.05) is 6.61 Å². The minimum Gasteiger partial charge on any atom is -0.416 e. The molecule has 4 nitrogen and oxygen atoms in total. The van der Waals surface area contributed by atoms with Crippen LogP contribution in [0.5, 0.6) is 0 Å². The number of ether oxygens (including phenoxy) is 1. The molecule has 5 atom stereocenters. The molecule has 1 unspecified atom stereocenters. The van der Waals surface area contributed by atoms with Crippen LogP contribution in [0, 0.1) is 11.8 Å². The topological polar surface area (TPSA) is 47.9 Å². The van der Waals surface area contributed by atoms with Crippen LogP contribution in [-0.2, 0) is 13.6 Å². The predicted octanol–water partition coefficient (Wildman–Crippen LogP) is 6.70. The second kappa shape index (κ2) is 9.64. The van der Waals surface area contributed by atoms with Gasteiger partial charge in [0, 0.05) is 18.9 Å². The van der Waals surface area contributed by atoms with Crippen LogP contribution < -0.4 is 0 Å². The van der Waals surface area contributed by atoms with Crippen molar-refractivity contribution in [3.05, 3.63) is 0 Å². The van der Waals surface area contributed by atoms with Gasteiger partial charge < -0.3 is 18.7 Å². The predicted molar refractivity (Wildman–Crippen MR) is 131 cm³/mol. The zero-order valence-corrected chi connectivity index (χ0v) is 23.5. The Morgan fingerprint density at radius 2 is 1.33 bits per heavy atom. The van der Waals surface area contributed by atoms with Crippen LogP contribution >= 0.6 is 0 Å². The summed E-state index contributed by atoms with van der Waals surface area (Å²) in [7, 11) is -3.77. The Balaban J connectivity index is 2.28. The second-order valence-corrected chi connectivity index (χ2v) is 22.1. The van der Waals surface area contributed by atoms with E-state index in [1.54, 1.807) is 0 Å². The number of hydrogen-bond acceptors (Lipinski definition) is 4. The fourth-order valence-corrected chi connectivity index (χ4v) is 14.5. The van der Waals surface area contributed by atoms with E-state index in [9.17, 15) is 5.11 Å². The lowest BCUT2D eigenvalue weighted by atomic mass is 9.93. The van der Waals surface area contributed by atoms with Crippen LogP contribution in [0.2, 0.25) is 34.3 Å². The maximum atomic E-state index is 10.2. The summed E-state index contributed by atoms with van der Waals surface area (Å²) in [6.07, 6.45) is 1.32. The molecular weight excluding hydrogens is 408 g/mol. The third-order valence-corrected chi connectivity index (χ3v) is 20.2. The first-order valence-electron chi connectivity index (χ1n) is 12.4. The third-order valence-electron chi connectivity index (χ3n) is 8.72. The summed E-state index contributed by atoms with van der Waals surface area (Å²) in [4.78, 5) is 0. The maximum Gasteiger partial charge on any atom is 0.197 e. The van der Waals surface area contributed by atoms with Gasteiger partial charge in [-0.15, -0.1) is 0 Å². The third kappa shape index (κ3) is 4.94. The molecule has 1 N–H and O–H groups in total. The van der Waals surface area contributed by atoms with Crippen molar-refractivity contribution in [2.24, 2.45) is 11.8 Å². The summed E-state index contributed by atoms with van der Waals surface area (Å²) in [5.41, 5.74) is 0. The molecule has 0 aromatic carbocycles. The number of aliphatic hydroxyl groups excluding tert-OH is 1. The van der Waals surface area contributed by atoms with Gasteiger partial charge in [-0.1, -0.05) is 69.2 Å². The first kappa shape index (κ1) is 26.5. The molecule has 0 bridgehead atoms. The number of hydrogen-bond donors (Lipinski definition) is 1. The molecule has 178 valence electrons. The zero-order valence-electron chi connectivity index (χ0n) is 21.5. The summed E-state index contributed by atoms with van der Waals surface area (Å²) in [5, 5.41) is 10.6. The van der Waals surface area contributed by atoms with Crippen molar-refractivity contribution in [1.29, 1.82) is 0 Å². The van der Waals surface area contributed by atoms with Gasteiger partial charge in [-0.25, -0.2) is 0 Å². The fourth-order valence-electron chi connectivity index (χ4n) is 6.40. The first-order valence-corrected chi connectivity index (χ1v) is 17.1. The number of rotatable bonds is 9. The van der Waals surface area contributed by atoms with Crippen LogP contribution in [0.3, 0.4) is 0 Å². The minimum absolute atomic E-state index is 0.118. The van der Waals surface area contributed by atoms with Crippen molar-refractivity contribution in [1.82, 2.24) is 0 Å². The van der Waals surface area contributed by atoms with Crippen LogP contribution in [-0.4, -0.2) is 46.8 Å². The van der Waals surface area contributed by atoms with E-state index in [4.69, 9.17) is 13.6 Å². The summed E-state index contributed by atoms with van der Waals surface area (Å²) >= 11 is 0. The minimum atomic E-state index is -1.91. The van der Waals surface area contributed by atoms with Crippen LogP contribution in [0.15, 0.2) is 0 Å². The van der Waals surface area contributed by atoms with Gasteiger partial charge in [-0.2, -0.15) is 0 Å². The second-order valence-electron chi connectivity index (χ2n) is 11.8. The molecule has 0 aromatic heterocycles. The van der Waals surface area contributed by atoms with Crippen LogP contribution in [0.25, 0.3) is 0 Å². The molecule has 1 saturated carbocycles. The highest BCUT2D eigenvalue weighted by atomic mass is 28.4. The Kier molecular flexibility index (Phi) is 8.52. The van der Waals surface area contributed by atoms with Gasteiger partial charge in [-0.3, -0.25) is 0 Å². The van der Waals surface area contributed by atoms with Gasteiger partial charge in [0.2, 0.25) is 0 Å². The van der Waals surface area contributed by atoms with E-state index in [-0.39, 0.29) is 22.3 Å². The molecule has 1 aliphatic carbocycles. The van der Waals surface area contributed by atoms with Gasteiger partial charge in [0.25, 0.3) is 0 Å². The molecule has 2 fully saturated rings. The van der Waals surface area contributed by atoms with Crippen molar-refractivity contribution < 1.29 is 18.7 Å². The quantitative estimate of drug-likeness (QED) is 0.390. The van der Waals surface area contributed by atoms with Crippen molar-refractivity contribution in [3.63, 3.8) is 0 Å². The van der Waals surface area contributed by atoms with Crippen LogP contribution in [0.4, 0.5) is 0 Å². The highest BCUT2D eigenvalue weighted by molar-refractivity contribution is 6.77. The highest BCUT2D eigenvalue weighted by Gasteiger charge is 2.55. The van der Waals surface area contributed by atoms with E-state index in [0.29, 0.717) is 11.8 Å². The van der Waals surface area contributed by atoms with E-state index < -0.39 is 22.9 Å². The molecule has 0 radical (unpaired) electrons. The molecule has 1 aliphatic heterocycles. The number of aliphatic hydroxyl groups is 1. The van der Waals surface area contributed by atoms with Crippen molar-refractivity contribution in [3.8, 4) is 0 Å². The average Bonchev–Trinajstić information content (AvgIpc) is 3.14. The Labute approximate surface area is 188 Å². The van der Waals surface area contributed by atoms with Gasteiger partial charge in [-0.05, 0) is 46.6 Å². The van der Waals surface area contributed by atoms with E-state index in [1.807, 2.05) is 0 Å². The lowest BCUT2D eigenvalue weighted by molar-refractivity contribution is -0.0948. The molecule has 0 spiro atoms. The molecule has 1 saturated heterocycles. The van der Waals surface area contributed by atoms with Gasteiger partial charge in [0.1, 0.15) is 0 Å². The summed E-state index contributed by atoms with van der Waals surface area (Å²) in [6.45, 7) is 24.1. The average molecular weight is 459 g/mol. The molecule has 2 rings (SSSR count). The monoisotopic (exact) mass is 458 g/mol. The Morgan fingerprint density at radius 3 is 1.77 bits per heavy atom. The largest absolute Gasteiger partial charge is 0.416 e. The molecule has 2 aliphatic rings. The normalized spacial score (nSPS) is 30.7. The molecule has 6 heteroatoms. The van der Waals surface area contributed by atoms with E-state index >= 15 is 0 Å². The molecule has 0 amide bonds. The van der Waals surface area contributed by atoms with Crippen molar-refractivity contribution >= 4 is 16.6 Å². The highest BCUT2D eigenvalue weighted by Crippen LogP contribution is 2.50. The lowest BCUT2D eigenvalue weighted by Crippen LogP contribution is -2.51. The lowest BCUT2D eigenvalue weighted by Gasteiger charge is -2.46. The van der Waals surface area contributed by atoms with E-state index in [0.717, 1.165) is 43.6 Å². The molecule has 30 heavy (non-hydrogen) atoms. The molecular formula is C24H50O4Si2. The Bertz CT molecular complexity index is 546. The summed E-state index contributed by atoms with van der Waals surface area (Å²) < 4.78 is 20.0. The SMILES string of the molecule is CC[Si](CC)(OC[C@H]1[C@@H]2CC(O)O[C@@H]2C[C@@H]1O[Si](CC)(CC)C(C)(C)C)C(C)(C)C. The van der Waals surface area contributed by atoms with Gasteiger partial charge >= 0.3 is 0 Å².